The van der Waals surface area contributed by atoms with Crippen molar-refractivity contribution in [3.8, 4) is 89.0 Å². The molecule has 112 heavy (non-hydrogen) atoms. The van der Waals surface area contributed by atoms with Crippen LogP contribution in [0.25, 0.3) is 89.0 Å². The highest BCUT2D eigenvalue weighted by atomic mass is 15.2. The average Bonchev–Trinajstić information content (AvgIpc) is 1.47. The molecule has 24 rings (SSSR count). The molecular weight excluding hydrogens is 1350 g/mol. The van der Waals surface area contributed by atoms with E-state index in [1.807, 2.05) is 0 Å². The Morgan fingerprint density at radius 2 is 0.482 bits per heavy atom. The van der Waals surface area contributed by atoms with E-state index in [4.69, 9.17) is 0 Å². The van der Waals surface area contributed by atoms with Crippen molar-refractivity contribution >= 4 is 34.1 Å². The van der Waals surface area contributed by atoms with E-state index in [0.29, 0.717) is 0 Å². The summed E-state index contributed by atoms with van der Waals surface area (Å²) in [5.74, 6) is 0. The standard InChI is InChI=1S/C110H80N2/c1-105(2)88-40-19-16-36-85(88)103-95(105)47-27-48-101(103)111(69-53-58-82-76-33-13-23-44-92(76)109(99(82)63-69)90-42-21-11-30-73(90)74-31-12-22-43-91(74)109)68-52-57-80-72-29-10-20-41-89(72)108(7,97(80)62-68)65-66-50-55-81-75-32-14-24-45-93(75)110(98(81)60-66)94-46-25-15-34-77(94)83-59-54-70(64-100(83)110)112(67-51-56-79-71-28-8-17-38-86(71)106(3,4)96(79)61-67)102-49-26-37-84-78-35-9-18-39-87(78)107(5,6)104(84)102/h8-64H,65H2,1-7H3. The summed E-state index contributed by atoms with van der Waals surface area (Å²) in [4.78, 5) is 5.27. The molecule has 0 N–H and O–H groups in total. The van der Waals surface area contributed by atoms with Gasteiger partial charge in [0.25, 0.3) is 0 Å². The first-order valence-electron chi connectivity index (χ1n) is 40.2. The fourth-order valence-electron chi connectivity index (χ4n) is 23.6. The van der Waals surface area contributed by atoms with Gasteiger partial charge < -0.3 is 9.80 Å². The second-order valence-corrected chi connectivity index (χ2v) is 34.7. The summed E-state index contributed by atoms with van der Waals surface area (Å²) in [6.45, 7) is 17.1. The summed E-state index contributed by atoms with van der Waals surface area (Å²) >= 11 is 0. The normalized spacial score (nSPS) is 17.8. The minimum atomic E-state index is -0.646. The molecular formula is C110H80N2. The lowest BCUT2D eigenvalue weighted by Gasteiger charge is -2.35. The zero-order valence-electron chi connectivity index (χ0n) is 64.0. The van der Waals surface area contributed by atoms with E-state index in [1.54, 1.807) is 0 Å². The van der Waals surface area contributed by atoms with Gasteiger partial charge in [-0.15, -0.1) is 0 Å². The molecule has 2 atom stereocenters. The molecule has 0 fully saturated rings. The van der Waals surface area contributed by atoms with Gasteiger partial charge in [-0.3, -0.25) is 0 Å². The molecule has 2 heteroatoms. The summed E-state index contributed by atoms with van der Waals surface area (Å²) in [5, 5.41) is 0. The Morgan fingerprint density at radius 3 is 0.973 bits per heavy atom. The van der Waals surface area contributed by atoms with Crippen molar-refractivity contribution in [2.75, 3.05) is 9.80 Å². The number of nitrogens with zero attached hydrogens (tertiary/aromatic N) is 2. The predicted octanol–water partition coefficient (Wildman–Crippen LogP) is 27.8. The third-order valence-corrected chi connectivity index (χ3v) is 28.3. The molecule has 2 unspecified atom stereocenters. The minimum absolute atomic E-state index is 0.200. The minimum Gasteiger partial charge on any atom is -0.310 e. The molecule has 8 aliphatic carbocycles. The average molecular weight is 1430 g/mol. The first-order valence-corrected chi connectivity index (χ1v) is 40.2. The van der Waals surface area contributed by atoms with E-state index >= 15 is 0 Å². The number of hydrogen-bond acceptors (Lipinski definition) is 2. The number of hydrogen-bond donors (Lipinski definition) is 0. The van der Waals surface area contributed by atoms with Gasteiger partial charge in [-0.1, -0.05) is 334 Å². The van der Waals surface area contributed by atoms with Crippen molar-refractivity contribution in [3.63, 3.8) is 0 Å². The van der Waals surface area contributed by atoms with Crippen LogP contribution in [0.5, 0.6) is 0 Å². The number of fused-ring (bicyclic) bond motifs is 32. The highest BCUT2D eigenvalue weighted by molar-refractivity contribution is 6.02. The van der Waals surface area contributed by atoms with Gasteiger partial charge in [0.1, 0.15) is 0 Å². The maximum Gasteiger partial charge on any atom is 0.0726 e. The van der Waals surface area contributed by atoms with E-state index in [1.165, 1.54) is 195 Å². The molecule has 0 amide bonds. The van der Waals surface area contributed by atoms with Crippen molar-refractivity contribution in [3.05, 3.63) is 440 Å². The lowest BCUT2D eigenvalue weighted by molar-refractivity contribution is 0.582. The van der Waals surface area contributed by atoms with Crippen LogP contribution in [0, 0.1) is 0 Å². The summed E-state index contributed by atoms with van der Waals surface area (Å²) in [6.07, 6.45) is 0.777. The van der Waals surface area contributed by atoms with Crippen LogP contribution in [0.15, 0.2) is 346 Å². The van der Waals surface area contributed by atoms with Crippen molar-refractivity contribution in [1.29, 1.82) is 0 Å². The molecule has 0 radical (unpaired) electrons. The van der Waals surface area contributed by atoms with Gasteiger partial charge in [0.15, 0.2) is 0 Å². The van der Waals surface area contributed by atoms with Crippen LogP contribution in [-0.4, -0.2) is 0 Å². The van der Waals surface area contributed by atoms with Gasteiger partial charge in [-0.25, -0.2) is 0 Å². The highest BCUT2D eigenvalue weighted by Gasteiger charge is 2.55. The van der Waals surface area contributed by atoms with E-state index in [-0.39, 0.29) is 16.2 Å². The lowest BCUT2D eigenvalue weighted by atomic mass is 9.69. The van der Waals surface area contributed by atoms with Gasteiger partial charge in [0, 0.05) is 50.0 Å². The Morgan fingerprint density at radius 1 is 0.196 bits per heavy atom. The van der Waals surface area contributed by atoms with Crippen molar-refractivity contribution < 1.29 is 0 Å². The van der Waals surface area contributed by atoms with Crippen LogP contribution < -0.4 is 9.80 Å². The Hall–Kier alpha value is -12.9. The van der Waals surface area contributed by atoms with E-state index in [2.05, 4.69) is 404 Å². The molecule has 16 aromatic rings. The van der Waals surface area contributed by atoms with Crippen LogP contribution >= 0.6 is 0 Å². The van der Waals surface area contributed by atoms with E-state index in [0.717, 1.165) is 29.2 Å². The third-order valence-electron chi connectivity index (χ3n) is 28.3. The van der Waals surface area contributed by atoms with Gasteiger partial charge in [-0.05, 0) is 245 Å². The van der Waals surface area contributed by atoms with Gasteiger partial charge in [0.05, 0.1) is 22.2 Å². The summed E-state index contributed by atoms with van der Waals surface area (Å²) in [5.41, 5.74) is 48.3. The smallest absolute Gasteiger partial charge is 0.0726 e. The Balaban J connectivity index is 0.692. The van der Waals surface area contributed by atoms with Crippen LogP contribution in [0.1, 0.15) is 143 Å². The Kier molecular flexibility index (Phi) is 12.7. The van der Waals surface area contributed by atoms with E-state index < -0.39 is 16.2 Å². The second-order valence-electron chi connectivity index (χ2n) is 34.7. The summed E-state index contributed by atoms with van der Waals surface area (Å²) < 4.78 is 0. The monoisotopic (exact) mass is 1430 g/mol. The molecule has 8 aliphatic rings. The zero-order chi connectivity index (χ0) is 74.7. The van der Waals surface area contributed by atoms with Crippen molar-refractivity contribution in [2.45, 2.75) is 87.4 Å². The largest absolute Gasteiger partial charge is 0.310 e. The zero-order valence-corrected chi connectivity index (χ0v) is 64.0. The van der Waals surface area contributed by atoms with Crippen molar-refractivity contribution in [1.82, 2.24) is 0 Å². The molecule has 2 nitrogen and oxygen atoms in total. The molecule has 2 spiro atoms. The van der Waals surface area contributed by atoms with Gasteiger partial charge in [-0.2, -0.15) is 0 Å². The predicted molar refractivity (Wildman–Crippen MR) is 463 cm³/mol. The van der Waals surface area contributed by atoms with Crippen molar-refractivity contribution in [2.24, 2.45) is 0 Å². The molecule has 0 heterocycles. The number of rotatable bonds is 8. The fourth-order valence-corrected chi connectivity index (χ4v) is 23.6. The molecule has 16 aromatic carbocycles. The summed E-state index contributed by atoms with van der Waals surface area (Å²) in [6, 6.07) is 135. The quantitative estimate of drug-likeness (QED) is 0.150. The first kappa shape index (κ1) is 64.0. The van der Waals surface area contributed by atoms with Crippen LogP contribution in [0.2, 0.25) is 0 Å². The van der Waals surface area contributed by atoms with Gasteiger partial charge >= 0.3 is 0 Å². The molecule has 530 valence electrons. The Labute approximate surface area is 656 Å². The maximum absolute atomic E-state index is 2.65. The fraction of sp³-hybridized carbons (Fsp3) is 0.127. The topological polar surface area (TPSA) is 6.48 Å². The van der Waals surface area contributed by atoms with Crippen LogP contribution in [0.4, 0.5) is 34.1 Å². The molecule has 0 saturated heterocycles. The second kappa shape index (κ2) is 22.2. The first-order chi connectivity index (χ1) is 54.7. The summed E-state index contributed by atoms with van der Waals surface area (Å²) in [7, 11) is 0. The molecule has 0 aliphatic heterocycles. The Bertz CT molecular complexity index is 6810. The number of benzene rings is 16. The lowest BCUT2D eigenvalue weighted by Crippen LogP contribution is -2.27. The molecule has 0 aromatic heterocycles. The SMILES string of the molecule is CC1(C)c2ccccc2-c2ccc(N(c3ccc4c(c3)C3(c5ccccc5-c5ccc(CC6(C)c7ccccc7-c7ccc(N(c8ccc9c(c8)C8(c%10ccccc%10-c%10ccccc%108)c8ccccc8-9)c8cccc9c8-c8ccccc8C9(C)C)cc76)cc53)c3ccccc3-4)c3cccc4c3C(C)(C)c3ccccc3-4)cc21. The van der Waals surface area contributed by atoms with E-state index in [9.17, 15) is 0 Å². The highest BCUT2D eigenvalue weighted by Crippen LogP contribution is 2.68. The molecule has 0 saturated carbocycles. The molecule has 0 bridgehead atoms. The maximum atomic E-state index is 2.65. The third kappa shape index (κ3) is 7.94. The number of anilines is 6. The van der Waals surface area contributed by atoms with Crippen LogP contribution in [-0.2, 0) is 38.9 Å². The van der Waals surface area contributed by atoms with Gasteiger partial charge in [0.2, 0.25) is 0 Å². The van der Waals surface area contributed by atoms with Crippen LogP contribution in [0.3, 0.4) is 0 Å².